The number of guanidine groups is 1. The molecule has 97 heavy (non-hydrogen) atoms. The number of carbonyl (C=O) groups excluding carboxylic acids is 10. The Bertz CT molecular complexity index is 3810. The molecule has 0 aromatic heterocycles. The number of amides is 8. The second-order valence-electron chi connectivity index (χ2n) is 25.9. The molecule has 522 valence electrons. The number of hydrogen-bond acceptors (Lipinski definition) is 16. The maximum absolute atomic E-state index is 14.3. The van der Waals surface area contributed by atoms with Crippen LogP contribution in [0.5, 0.6) is 5.75 Å². The van der Waals surface area contributed by atoms with Gasteiger partial charge in [0.1, 0.15) is 35.5 Å². The molecule has 12 N–H and O–H groups in total. The van der Waals surface area contributed by atoms with Gasteiger partial charge in [-0.15, -0.1) is 0 Å². The molecule has 4 aromatic rings. The van der Waals surface area contributed by atoms with Crippen LogP contribution in [0.1, 0.15) is 158 Å². The molecule has 3 fully saturated rings. The molecular weight excluding hydrogens is 1290 g/mol. The quantitative estimate of drug-likeness (QED) is 0.0135. The van der Waals surface area contributed by atoms with Gasteiger partial charge < -0.3 is 63.2 Å². The van der Waals surface area contributed by atoms with Crippen LogP contribution in [-0.4, -0.2) is 177 Å². The number of ether oxygens (including phenoxy) is 1. The monoisotopic (exact) mass is 1380 g/mol. The summed E-state index contributed by atoms with van der Waals surface area (Å²) in [5, 5.41) is 18.3. The van der Waals surface area contributed by atoms with E-state index < -0.39 is 125 Å². The van der Waals surface area contributed by atoms with Gasteiger partial charge in [-0.05, 0) is 171 Å². The van der Waals surface area contributed by atoms with E-state index in [2.05, 4.69) is 46.9 Å². The fraction of sp³-hybridized carbons (Fsp3) is 0.493. The van der Waals surface area contributed by atoms with Crippen molar-refractivity contribution in [3.05, 3.63) is 128 Å². The summed E-state index contributed by atoms with van der Waals surface area (Å²) in [6, 6.07) is 15.4. The number of ketones is 2. The van der Waals surface area contributed by atoms with Crippen molar-refractivity contribution in [1.82, 2.24) is 51.7 Å². The van der Waals surface area contributed by atoms with Gasteiger partial charge in [-0.2, -0.15) is 0 Å². The van der Waals surface area contributed by atoms with E-state index in [0.29, 0.717) is 83.8 Å². The first-order chi connectivity index (χ1) is 46.0. The molecule has 0 saturated carbocycles. The zero-order valence-corrected chi connectivity index (χ0v) is 57.7. The average molecular weight is 1380 g/mol. The predicted octanol–water partition coefficient (Wildman–Crippen LogP) is 2.91. The Morgan fingerprint density at radius 1 is 0.701 bits per heavy atom. The van der Waals surface area contributed by atoms with Crippen molar-refractivity contribution >= 4 is 86.4 Å². The van der Waals surface area contributed by atoms with Crippen molar-refractivity contribution in [2.75, 3.05) is 45.8 Å². The smallest absolute Gasteiger partial charge is 0.264 e. The summed E-state index contributed by atoms with van der Waals surface area (Å²) >= 11 is 7.10. The van der Waals surface area contributed by atoms with Gasteiger partial charge in [0.15, 0.2) is 11.6 Å². The number of halogens is 1. The van der Waals surface area contributed by atoms with Crippen LogP contribution in [0, 0.1) is 20.8 Å². The maximum atomic E-state index is 14.3. The van der Waals surface area contributed by atoms with Gasteiger partial charge in [0.25, 0.3) is 10.0 Å². The van der Waals surface area contributed by atoms with Crippen molar-refractivity contribution in [2.24, 2.45) is 16.5 Å². The lowest BCUT2D eigenvalue weighted by Crippen LogP contribution is -2.54. The molecule has 4 aromatic carbocycles. The van der Waals surface area contributed by atoms with E-state index in [1.54, 1.807) is 66.1 Å². The lowest BCUT2D eigenvalue weighted by Gasteiger charge is -2.35. The number of carbonyl (C=O) groups is 10. The minimum Gasteiger partial charge on any atom is -0.487 e. The van der Waals surface area contributed by atoms with Gasteiger partial charge in [0, 0.05) is 41.7 Å². The maximum Gasteiger partial charge on any atom is 0.264 e. The Morgan fingerprint density at radius 2 is 1.33 bits per heavy atom. The average Bonchev–Trinajstić information content (AvgIpc) is 1.48. The number of benzene rings is 4. The van der Waals surface area contributed by atoms with Crippen LogP contribution >= 0.6 is 11.6 Å². The Morgan fingerprint density at radius 3 is 1.99 bits per heavy atom. The number of nitrogens with zero attached hydrogens (tertiary/aromatic N) is 3. The lowest BCUT2D eigenvalue weighted by atomic mass is 9.84. The summed E-state index contributed by atoms with van der Waals surface area (Å²) < 4.78 is 35.9. The number of hydrogen-bond donors (Lipinski definition) is 10. The molecule has 1 unspecified atom stereocenters. The zero-order valence-electron chi connectivity index (χ0n) is 56.2. The van der Waals surface area contributed by atoms with Crippen molar-refractivity contribution in [2.45, 2.75) is 178 Å². The zero-order chi connectivity index (χ0) is 70.6. The van der Waals surface area contributed by atoms with Crippen molar-refractivity contribution < 1.29 is 61.1 Å². The lowest BCUT2D eigenvalue weighted by molar-refractivity contribution is -0.144. The van der Waals surface area contributed by atoms with Gasteiger partial charge in [-0.25, -0.2) is 13.1 Å². The third-order valence-corrected chi connectivity index (χ3v) is 20.3. The number of aliphatic imine (C=N–C) groups is 1. The van der Waals surface area contributed by atoms with Gasteiger partial charge in [-0.3, -0.25) is 52.9 Å². The second-order valence-corrected chi connectivity index (χ2v) is 27.9. The SMILES string of the molecule is Cc1c(C)c(S(=O)(=O)NC(N)=NCCC[C@H](NC(=O)CN)C(=O)N[C@@H](C)C(=O)NCC(=O)NCC(=O)N[C@@H](C)C(=O)N[C@@H](C)C(=O)c2ccc(C(c3ccccc3)c3ccc(C(=O)[C@@H]4CCCN4C(=O)[C@@H]4CCCN4C(=O)[C@@H]4CCCN4)cc3Cl)cc2)c(C)c2c1OC(C)(C)CC2. The molecule has 3 saturated heterocycles. The van der Waals surface area contributed by atoms with Crippen LogP contribution in [0.4, 0.5) is 0 Å². The van der Waals surface area contributed by atoms with Crippen LogP contribution in [-0.2, 0) is 54.8 Å². The summed E-state index contributed by atoms with van der Waals surface area (Å²) in [4.78, 5) is 141. The van der Waals surface area contributed by atoms with Crippen LogP contribution < -0.4 is 58.1 Å². The fourth-order valence-electron chi connectivity index (χ4n) is 13.0. The van der Waals surface area contributed by atoms with Crippen molar-refractivity contribution in [1.29, 1.82) is 0 Å². The second kappa shape index (κ2) is 32.5. The van der Waals surface area contributed by atoms with Gasteiger partial charge in [-0.1, -0.05) is 78.3 Å². The molecule has 0 aliphatic carbocycles. The Balaban J connectivity index is 0.770. The molecule has 8 amide bonds. The van der Waals surface area contributed by atoms with E-state index >= 15 is 0 Å². The summed E-state index contributed by atoms with van der Waals surface area (Å²) in [6.45, 7) is 13.4. The molecule has 0 spiro atoms. The predicted molar refractivity (Wildman–Crippen MR) is 364 cm³/mol. The van der Waals surface area contributed by atoms with Crippen molar-refractivity contribution in [3.8, 4) is 5.75 Å². The standard InChI is InChI=1S/C69H90ClN13O13S/c1-38-39(2)62(40(3)48-28-29-69(7,8)96-61(38)48)97(94,95)81-68(72)74-31-12-18-51(80-55(84)35-71)65(91)79-42(5)63(89)76-36-56(85)75-37-57(86)77-43(6)64(90)78-41(4)59(87)46-24-22-45(23-25-46)58(44-16-10-9-11-17-44)49-27-26-47(34-50(49)70)60(88)53-20-14-32-82(53)67(93)54-21-15-33-83(54)66(92)52-19-13-30-73-52/h9-11,16-17,22-27,34,41-43,51-54,58,73H,12-15,18-21,28-33,35-37,71H2,1-8H3,(H,75,85)(H,76,89)(H,77,86)(H,78,90)(H,79,91)(H,80,84)(H3,72,74,81)/t41-,42-,43-,51-,52-,53-,54-,58?/m0/s1. The molecule has 8 rings (SSSR count). The number of Topliss-reactive ketones (excluding diaryl/α,β-unsaturated/α-hetero) is 2. The number of nitrogens with two attached hydrogens (primary N) is 2. The molecule has 4 heterocycles. The van der Waals surface area contributed by atoms with Crippen LogP contribution in [0.25, 0.3) is 0 Å². The highest BCUT2D eigenvalue weighted by atomic mass is 35.5. The van der Waals surface area contributed by atoms with Crippen molar-refractivity contribution in [3.63, 3.8) is 0 Å². The highest BCUT2D eigenvalue weighted by molar-refractivity contribution is 7.90. The van der Waals surface area contributed by atoms with E-state index in [4.69, 9.17) is 27.8 Å². The van der Waals surface area contributed by atoms with Gasteiger partial charge in [0.2, 0.25) is 53.2 Å². The van der Waals surface area contributed by atoms with E-state index in [9.17, 15) is 56.4 Å². The first kappa shape index (κ1) is 74.0. The largest absolute Gasteiger partial charge is 0.487 e. The molecule has 26 nitrogen and oxygen atoms in total. The number of likely N-dealkylation sites (tertiary alicyclic amines) is 2. The molecule has 0 bridgehead atoms. The third kappa shape index (κ3) is 18.3. The summed E-state index contributed by atoms with van der Waals surface area (Å²) in [5.74, 6) is -5.52. The summed E-state index contributed by atoms with van der Waals surface area (Å²) in [6.07, 6.45) is 5.49. The molecular formula is C69H90ClN13O13S. The summed E-state index contributed by atoms with van der Waals surface area (Å²) in [7, 11) is -4.19. The van der Waals surface area contributed by atoms with E-state index in [1.165, 1.54) is 20.8 Å². The molecule has 28 heteroatoms. The highest BCUT2D eigenvalue weighted by Crippen LogP contribution is 2.43. The van der Waals surface area contributed by atoms with E-state index in [-0.39, 0.29) is 53.5 Å². The topological polar surface area (TPSA) is 381 Å². The number of sulfonamides is 1. The first-order valence-corrected chi connectivity index (χ1v) is 34.8. The van der Waals surface area contributed by atoms with Gasteiger partial charge >= 0.3 is 0 Å². The van der Waals surface area contributed by atoms with Crippen LogP contribution in [0.15, 0.2) is 82.7 Å². The van der Waals surface area contributed by atoms with Crippen LogP contribution in [0.2, 0.25) is 5.02 Å². The Hall–Kier alpha value is -8.79. The highest BCUT2D eigenvalue weighted by Gasteiger charge is 2.44. The molecule has 0 radical (unpaired) electrons. The first-order valence-electron chi connectivity index (χ1n) is 33.0. The molecule has 4 aliphatic heterocycles. The number of nitrogens with one attached hydrogen (secondary N) is 8. The van der Waals surface area contributed by atoms with Crippen LogP contribution in [0.3, 0.4) is 0 Å². The third-order valence-electron chi connectivity index (χ3n) is 18.4. The minimum absolute atomic E-state index is 0.0246. The minimum atomic E-state index is -4.19. The van der Waals surface area contributed by atoms with Gasteiger partial charge in [0.05, 0.1) is 42.7 Å². The number of fused-ring (bicyclic) bond motifs is 1. The van der Waals surface area contributed by atoms with E-state index in [1.807, 2.05) is 51.1 Å². The Labute approximate surface area is 570 Å². The number of rotatable bonds is 27. The normalized spacial score (nSPS) is 19.0. The Kier molecular flexibility index (Phi) is 24.8. The van der Waals surface area contributed by atoms with E-state index in [0.717, 1.165) is 42.5 Å². The molecule has 4 aliphatic rings. The fourth-order valence-corrected chi connectivity index (χ4v) is 14.8. The summed E-state index contributed by atoms with van der Waals surface area (Å²) in [5.41, 5.74) is 16.7. The molecule has 8 atom stereocenters.